The van der Waals surface area contributed by atoms with Gasteiger partial charge in [-0.3, -0.25) is 14.4 Å². The van der Waals surface area contributed by atoms with Crippen molar-refractivity contribution in [2.75, 3.05) is 13.2 Å². The minimum atomic E-state index is -0.766. The largest absolute Gasteiger partial charge is 0.462 e. The third-order valence-corrected chi connectivity index (χ3v) is 16.9. The lowest BCUT2D eigenvalue weighted by Gasteiger charge is -2.18. The maximum atomic E-state index is 13.0. The average Bonchev–Trinajstić information content (AvgIpc) is 3.42. The molecule has 0 bridgehead atoms. The molecule has 0 saturated carbocycles. The molecule has 0 fully saturated rings. The second kappa shape index (κ2) is 64.0. The van der Waals surface area contributed by atoms with Gasteiger partial charge in [0, 0.05) is 19.3 Å². The highest BCUT2D eigenvalue weighted by molar-refractivity contribution is 5.71. The molecule has 0 aromatic heterocycles. The van der Waals surface area contributed by atoms with Crippen LogP contribution in [0.5, 0.6) is 0 Å². The summed E-state index contributed by atoms with van der Waals surface area (Å²) in [7, 11) is 0. The molecular formula is C73H142O6. The predicted molar refractivity (Wildman–Crippen MR) is 344 cm³/mol. The summed E-state index contributed by atoms with van der Waals surface area (Å²) in [5.74, 6) is 1.74. The van der Waals surface area contributed by atoms with E-state index in [1.807, 2.05) is 0 Å². The minimum absolute atomic E-state index is 0.0615. The van der Waals surface area contributed by atoms with Gasteiger partial charge in [0.1, 0.15) is 13.2 Å². The van der Waals surface area contributed by atoms with Crippen LogP contribution in [0.2, 0.25) is 0 Å². The molecule has 0 N–H and O–H groups in total. The van der Waals surface area contributed by atoms with Crippen molar-refractivity contribution in [1.82, 2.24) is 0 Å². The molecule has 1 atom stereocenters. The first-order valence-corrected chi connectivity index (χ1v) is 36.1. The molecule has 0 aromatic rings. The summed E-state index contributed by atoms with van der Waals surface area (Å²) in [4.78, 5) is 38.5. The van der Waals surface area contributed by atoms with Crippen LogP contribution in [0.4, 0.5) is 0 Å². The molecule has 0 aliphatic heterocycles. The number of rotatable bonds is 66. The van der Waals surface area contributed by atoms with Crippen molar-refractivity contribution in [2.45, 2.75) is 420 Å². The van der Waals surface area contributed by atoms with Crippen molar-refractivity contribution in [1.29, 1.82) is 0 Å². The van der Waals surface area contributed by atoms with Crippen molar-refractivity contribution in [2.24, 2.45) is 17.8 Å². The summed E-state index contributed by atoms with van der Waals surface area (Å²) in [6.45, 7) is 13.9. The fraction of sp³-hybridized carbons (Fsp3) is 0.959. The first kappa shape index (κ1) is 77.4. The molecule has 0 unspecified atom stereocenters. The van der Waals surface area contributed by atoms with E-state index in [4.69, 9.17) is 14.2 Å². The van der Waals surface area contributed by atoms with E-state index in [0.29, 0.717) is 19.3 Å². The number of esters is 3. The van der Waals surface area contributed by atoms with Gasteiger partial charge in [-0.2, -0.15) is 0 Å². The van der Waals surface area contributed by atoms with Crippen molar-refractivity contribution in [3.05, 3.63) is 0 Å². The fourth-order valence-electron chi connectivity index (χ4n) is 11.5. The van der Waals surface area contributed by atoms with Crippen LogP contribution in [0.15, 0.2) is 0 Å². The summed E-state index contributed by atoms with van der Waals surface area (Å²) < 4.78 is 17.0. The molecule has 0 saturated heterocycles. The number of carbonyl (C=O) groups excluding carboxylic acids is 3. The highest BCUT2D eigenvalue weighted by Gasteiger charge is 2.20. The predicted octanol–water partition coefficient (Wildman–Crippen LogP) is 24.6. The fourth-order valence-corrected chi connectivity index (χ4v) is 11.5. The van der Waals surface area contributed by atoms with E-state index in [9.17, 15) is 14.4 Å². The van der Waals surface area contributed by atoms with Crippen molar-refractivity contribution >= 4 is 17.9 Å². The van der Waals surface area contributed by atoms with Crippen LogP contribution in [0.1, 0.15) is 414 Å². The lowest BCUT2D eigenvalue weighted by Crippen LogP contribution is -2.30. The van der Waals surface area contributed by atoms with Gasteiger partial charge in [-0.05, 0) is 37.0 Å². The Balaban J connectivity index is 4.28. The van der Waals surface area contributed by atoms with E-state index in [0.717, 1.165) is 75.5 Å². The van der Waals surface area contributed by atoms with E-state index in [-0.39, 0.29) is 31.1 Å². The van der Waals surface area contributed by atoms with Crippen molar-refractivity contribution < 1.29 is 28.6 Å². The van der Waals surface area contributed by atoms with E-state index in [1.165, 1.54) is 295 Å². The number of hydrogen-bond acceptors (Lipinski definition) is 6. The lowest BCUT2D eigenvalue weighted by molar-refractivity contribution is -0.167. The van der Waals surface area contributed by atoms with Crippen molar-refractivity contribution in [3.8, 4) is 0 Å². The van der Waals surface area contributed by atoms with Gasteiger partial charge in [-0.25, -0.2) is 0 Å². The molecule has 79 heavy (non-hydrogen) atoms. The van der Waals surface area contributed by atoms with Gasteiger partial charge in [0.05, 0.1) is 0 Å². The van der Waals surface area contributed by atoms with Crippen LogP contribution < -0.4 is 0 Å². The minimum Gasteiger partial charge on any atom is -0.462 e. The first-order chi connectivity index (χ1) is 38.6. The molecular weight excluding hydrogens is 973 g/mol. The van der Waals surface area contributed by atoms with Gasteiger partial charge in [-0.1, -0.05) is 375 Å². The van der Waals surface area contributed by atoms with Crippen LogP contribution in [-0.4, -0.2) is 37.2 Å². The number of ether oxygens (including phenoxy) is 3. The summed E-state index contributed by atoms with van der Waals surface area (Å²) >= 11 is 0. The monoisotopic (exact) mass is 1120 g/mol. The normalized spacial score (nSPS) is 12.1. The van der Waals surface area contributed by atoms with E-state index in [2.05, 4.69) is 41.5 Å². The second-order valence-corrected chi connectivity index (χ2v) is 26.7. The van der Waals surface area contributed by atoms with Crippen LogP contribution in [0.3, 0.4) is 0 Å². The zero-order chi connectivity index (χ0) is 57.6. The Kier molecular flexibility index (Phi) is 62.7. The van der Waals surface area contributed by atoms with Crippen LogP contribution >= 0.6 is 0 Å². The van der Waals surface area contributed by atoms with Crippen molar-refractivity contribution in [3.63, 3.8) is 0 Å². The third-order valence-electron chi connectivity index (χ3n) is 16.9. The molecule has 6 nitrogen and oxygen atoms in total. The second-order valence-electron chi connectivity index (χ2n) is 26.7. The zero-order valence-electron chi connectivity index (χ0n) is 54.7. The Labute approximate surface area is 495 Å². The molecule has 0 radical (unpaired) electrons. The molecule has 6 heteroatoms. The lowest BCUT2D eigenvalue weighted by atomic mass is 10.0. The SMILES string of the molecule is CC(C)CCCCCCCCCCCCCCCCCCCCC(=O)OC[C@H](COC(=O)CCCCCCCCCCCCCCCCCCC(C)C)OC(=O)CCCCCCCCCCCCCCCCCCCCC(C)C. The molecule has 0 aromatic carbocycles. The van der Waals surface area contributed by atoms with Gasteiger partial charge < -0.3 is 14.2 Å². The summed E-state index contributed by atoms with van der Waals surface area (Å²) in [6, 6.07) is 0. The Hall–Kier alpha value is -1.59. The Morgan fingerprint density at radius 2 is 0.367 bits per heavy atom. The van der Waals surface area contributed by atoms with Gasteiger partial charge in [0.25, 0.3) is 0 Å². The standard InChI is InChI=1S/C73H142O6/c1-67(2)59-53-47-41-35-29-23-17-11-7-9-13-20-26-32-38-44-50-56-62-71(74)77-65-70(66-78-72(75)63-57-51-45-39-33-27-21-16-15-19-25-31-37-43-49-55-61-69(5)6)79-73(76)64-58-52-46-40-34-28-22-14-10-8-12-18-24-30-36-42-48-54-60-68(3)4/h67-70H,7-66H2,1-6H3/t70-/m1/s1. The molecule has 0 spiro atoms. The summed E-state index contributed by atoms with van der Waals surface area (Å²) in [5, 5.41) is 0. The average molecular weight is 1120 g/mol. The van der Waals surface area contributed by atoms with Crippen LogP contribution in [-0.2, 0) is 28.6 Å². The topological polar surface area (TPSA) is 78.9 Å². The van der Waals surface area contributed by atoms with Gasteiger partial charge >= 0.3 is 17.9 Å². The smallest absolute Gasteiger partial charge is 0.306 e. The summed E-state index contributed by atoms with van der Waals surface area (Å²) in [5.41, 5.74) is 0. The van der Waals surface area contributed by atoms with Gasteiger partial charge in [-0.15, -0.1) is 0 Å². The third kappa shape index (κ3) is 67.1. The highest BCUT2D eigenvalue weighted by Crippen LogP contribution is 2.20. The van der Waals surface area contributed by atoms with Gasteiger partial charge in [0.15, 0.2) is 6.10 Å². The quantitative estimate of drug-likeness (QED) is 0.0343. The Bertz CT molecular complexity index is 1230. The molecule has 0 aliphatic rings. The maximum Gasteiger partial charge on any atom is 0.306 e. The van der Waals surface area contributed by atoms with E-state index >= 15 is 0 Å². The van der Waals surface area contributed by atoms with E-state index < -0.39 is 6.10 Å². The summed E-state index contributed by atoms with van der Waals surface area (Å²) in [6.07, 6.45) is 72.7. The number of hydrogen-bond donors (Lipinski definition) is 0. The first-order valence-electron chi connectivity index (χ1n) is 36.1. The number of unbranched alkanes of at least 4 members (excludes halogenated alkanes) is 49. The molecule has 470 valence electrons. The van der Waals surface area contributed by atoms with Gasteiger partial charge in [0.2, 0.25) is 0 Å². The Morgan fingerprint density at radius 3 is 0.544 bits per heavy atom. The molecule has 0 amide bonds. The highest BCUT2D eigenvalue weighted by atomic mass is 16.6. The molecule has 0 heterocycles. The molecule has 0 rings (SSSR count). The zero-order valence-corrected chi connectivity index (χ0v) is 54.7. The maximum absolute atomic E-state index is 13.0. The number of carbonyl (C=O) groups is 3. The van der Waals surface area contributed by atoms with E-state index in [1.54, 1.807) is 0 Å². The van der Waals surface area contributed by atoms with Crippen LogP contribution in [0.25, 0.3) is 0 Å². The van der Waals surface area contributed by atoms with Crippen LogP contribution in [0, 0.1) is 17.8 Å². The molecule has 0 aliphatic carbocycles. The Morgan fingerprint density at radius 1 is 0.215 bits per heavy atom.